The van der Waals surface area contributed by atoms with Crippen LogP contribution in [0.15, 0.2) is 41.0 Å². The smallest absolute Gasteiger partial charge is 0.278 e. The number of nitrogens with one attached hydrogen (secondary N) is 2. The largest absolute Gasteiger partial charge is 0.543 e. The van der Waals surface area contributed by atoms with Crippen LogP contribution in [0.5, 0.6) is 0 Å². The minimum atomic E-state index is -1.49. The number of aliphatic carboxylic acids is 1. The third-order valence-electron chi connectivity index (χ3n) is 6.02. The zero-order chi connectivity index (χ0) is 28.8. The van der Waals surface area contributed by atoms with Gasteiger partial charge in [-0.3, -0.25) is 19.3 Å². The molecule has 14 nitrogen and oxygen atoms in total. The third kappa shape index (κ3) is 6.22. The first-order valence-electron chi connectivity index (χ1n) is 12.5. The Morgan fingerprint density at radius 3 is 2.67 bits per heavy atom. The van der Waals surface area contributed by atoms with Crippen LogP contribution in [0.4, 0.5) is 5.13 Å². The number of oxime groups is 1. The van der Waals surface area contributed by atoms with E-state index in [0.29, 0.717) is 17.7 Å². The number of carboxylic acids is 1. The number of carboxylic acid groups (broad SMARTS) is 1. The first-order valence-corrected chi connectivity index (χ1v) is 14.3. The first kappa shape index (κ1) is 28.9. The number of fused-ring (bicyclic) bond motifs is 1. The maximum atomic E-state index is 13.1. The number of nitrogen functional groups attached to an aromatic ring is 1. The van der Waals surface area contributed by atoms with Crippen LogP contribution < -0.4 is 26.0 Å². The van der Waals surface area contributed by atoms with Gasteiger partial charge >= 0.3 is 0 Å². The van der Waals surface area contributed by atoms with Gasteiger partial charge in [0.05, 0.1) is 17.2 Å². The fourth-order valence-electron chi connectivity index (χ4n) is 4.06. The number of nitrogens with zero attached hydrogens (tertiary/aromatic N) is 5. The highest BCUT2D eigenvalue weighted by molar-refractivity contribution is 8.00. The van der Waals surface area contributed by atoms with E-state index in [1.807, 2.05) is 6.92 Å². The zero-order valence-electron chi connectivity index (χ0n) is 21.8. The van der Waals surface area contributed by atoms with Gasteiger partial charge in [-0.25, -0.2) is 4.57 Å². The number of amides is 3. The summed E-state index contributed by atoms with van der Waals surface area (Å²) in [7, 11) is 0. The third-order valence-corrected chi connectivity index (χ3v) is 7.91. The number of carbonyl (C=O) groups excluding carboxylic acids is 4. The maximum Gasteiger partial charge on any atom is 0.278 e. The Hall–Kier alpha value is -4.05. The number of aromatic nitrogens is 3. The highest BCUT2D eigenvalue weighted by Gasteiger charge is 2.53. The number of hydrogen-bond donors (Lipinski definition) is 3. The average molecular weight is 589 g/mol. The number of hydrogen-bond acceptors (Lipinski definition) is 12. The quantitative estimate of drug-likeness (QED) is 0.0889. The van der Waals surface area contributed by atoms with Crippen LogP contribution in [0.3, 0.4) is 0 Å². The van der Waals surface area contributed by atoms with Crippen LogP contribution in [-0.4, -0.2) is 74.0 Å². The highest BCUT2D eigenvalue weighted by Crippen LogP contribution is 2.40. The molecule has 0 bridgehead atoms. The summed E-state index contributed by atoms with van der Waals surface area (Å²) in [5, 5.41) is 20.8. The summed E-state index contributed by atoms with van der Waals surface area (Å²) in [5.74, 6) is -2.81. The van der Waals surface area contributed by atoms with Gasteiger partial charge < -0.3 is 31.1 Å². The lowest BCUT2D eigenvalue weighted by atomic mass is 10.0. The van der Waals surface area contributed by atoms with E-state index in [-0.39, 0.29) is 47.2 Å². The van der Waals surface area contributed by atoms with Crippen LogP contribution in [-0.2, 0) is 25.8 Å². The molecule has 4 heterocycles. The van der Waals surface area contributed by atoms with Crippen LogP contribution in [0.2, 0.25) is 0 Å². The molecule has 1 unspecified atom stereocenters. The van der Waals surface area contributed by atoms with Gasteiger partial charge in [-0.15, -0.1) is 11.8 Å². The fourth-order valence-corrected chi connectivity index (χ4v) is 5.83. The Kier molecular flexibility index (Phi) is 9.31. The van der Waals surface area contributed by atoms with Crippen molar-refractivity contribution >= 4 is 57.8 Å². The van der Waals surface area contributed by atoms with Crippen LogP contribution >= 0.6 is 23.3 Å². The SMILES string of the molecule is CCCCNC(=O)c1cc[n+](CC2=C(C(=O)[O-])N3C(=O)C(NC(=O)/C(=N\OCC)c4nsc(N)n4)[C@H]3SC2)cc1. The van der Waals surface area contributed by atoms with Crippen molar-refractivity contribution < 1.29 is 33.7 Å². The second-order valence-electron chi connectivity index (χ2n) is 8.78. The lowest BCUT2D eigenvalue weighted by molar-refractivity contribution is -0.689. The summed E-state index contributed by atoms with van der Waals surface area (Å²) in [6.45, 7) is 4.66. The summed E-state index contributed by atoms with van der Waals surface area (Å²) < 4.78 is 5.69. The fraction of sp³-hybridized carbons (Fsp3) is 0.417. The Bertz CT molecular complexity index is 1360. The van der Waals surface area contributed by atoms with E-state index < -0.39 is 29.2 Å². The molecule has 4 rings (SSSR count). The number of carbonyl (C=O) groups is 4. The van der Waals surface area contributed by atoms with Gasteiger partial charge in [0.25, 0.3) is 17.7 Å². The molecule has 2 aliphatic rings. The molecule has 2 aromatic rings. The molecule has 40 heavy (non-hydrogen) atoms. The number of rotatable bonds is 12. The van der Waals surface area contributed by atoms with Crippen molar-refractivity contribution in [2.45, 2.75) is 44.6 Å². The Morgan fingerprint density at radius 1 is 1.30 bits per heavy atom. The Labute approximate surface area is 237 Å². The van der Waals surface area contributed by atoms with E-state index >= 15 is 0 Å². The molecule has 0 spiro atoms. The van der Waals surface area contributed by atoms with Crippen molar-refractivity contribution in [3.05, 3.63) is 47.2 Å². The minimum Gasteiger partial charge on any atom is -0.543 e. The number of anilines is 1. The van der Waals surface area contributed by atoms with Crippen molar-refractivity contribution in [3.63, 3.8) is 0 Å². The van der Waals surface area contributed by atoms with Crippen molar-refractivity contribution in [2.24, 2.45) is 5.16 Å². The van der Waals surface area contributed by atoms with E-state index in [0.717, 1.165) is 29.3 Å². The van der Waals surface area contributed by atoms with Crippen molar-refractivity contribution in [1.82, 2.24) is 24.9 Å². The van der Waals surface area contributed by atoms with Gasteiger partial charge in [0.15, 0.2) is 24.1 Å². The summed E-state index contributed by atoms with van der Waals surface area (Å²) in [6, 6.07) is 2.28. The number of pyridine rings is 1. The zero-order valence-corrected chi connectivity index (χ0v) is 23.4. The predicted octanol–water partition coefficient (Wildman–Crippen LogP) is -1.22. The molecule has 4 N–H and O–H groups in total. The number of nitrogens with two attached hydrogens (primary N) is 1. The number of thioether (sulfide) groups is 1. The monoisotopic (exact) mass is 588 g/mol. The topological polar surface area (TPSA) is 196 Å². The van der Waals surface area contributed by atoms with E-state index in [1.54, 1.807) is 36.0 Å². The minimum absolute atomic E-state index is 0.0486. The molecule has 0 aromatic carbocycles. The van der Waals surface area contributed by atoms with E-state index in [9.17, 15) is 24.3 Å². The first-order chi connectivity index (χ1) is 19.2. The lowest BCUT2D eigenvalue weighted by Crippen LogP contribution is -2.71. The highest BCUT2D eigenvalue weighted by atomic mass is 32.2. The van der Waals surface area contributed by atoms with Gasteiger partial charge in [-0.05, 0) is 13.3 Å². The van der Waals surface area contributed by atoms with Crippen LogP contribution in [0.1, 0.15) is 42.9 Å². The Balaban J connectivity index is 1.46. The number of β-lactam (4-membered cyclic amide) rings is 1. The molecule has 0 saturated carbocycles. The predicted molar refractivity (Wildman–Crippen MR) is 143 cm³/mol. The molecule has 16 heteroatoms. The summed E-state index contributed by atoms with van der Waals surface area (Å²) in [6.07, 6.45) is 5.20. The van der Waals surface area contributed by atoms with E-state index in [2.05, 4.69) is 25.1 Å². The summed E-state index contributed by atoms with van der Waals surface area (Å²) in [4.78, 5) is 60.4. The van der Waals surface area contributed by atoms with Crippen molar-refractivity contribution in [1.29, 1.82) is 0 Å². The molecule has 212 valence electrons. The van der Waals surface area contributed by atoms with Gasteiger partial charge in [0, 0.05) is 41.5 Å². The summed E-state index contributed by atoms with van der Waals surface area (Å²) >= 11 is 2.18. The molecular weight excluding hydrogens is 560 g/mol. The van der Waals surface area contributed by atoms with E-state index in [4.69, 9.17) is 10.6 Å². The summed E-state index contributed by atoms with van der Waals surface area (Å²) in [5.41, 5.74) is 6.08. The van der Waals surface area contributed by atoms with Crippen LogP contribution in [0, 0.1) is 0 Å². The van der Waals surface area contributed by atoms with Gasteiger partial charge in [-0.2, -0.15) is 9.36 Å². The van der Waals surface area contributed by atoms with Gasteiger partial charge in [-0.1, -0.05) is 18.5 Å². The van der Waals surface area contributed by atoms with Crippen molar-refractivity contribution in [2.75, 3.05) is 24.6 Å². The Morgan fingerprint density at radius 2 is 2.05 bits per heavy atom. The average Bonchev–Trinajstić information content (AvgIpc) is 3.37. The molecule has 2 aromatic heterocycles. The standard InChI is InChI=1S/C24H28N8O6S2/c1-3-5-8-26-19(33)13-6-9-31(10-7-13)11-14-12-39-22-16(21(35)32(22)17(14)23(36)37)27-20(34)15(29-38-4-2)18-28-24(25)40-30-18/h6-7,9-10,16,22H,3-5,8,11-12H2,1-2H3,(H4-,25,26,27,28,30,33,34,36,37)/b29-15-/t16?,22-/m1/s1. The molecule has 2 aliphatic heterocycles. The normalized spacial score (nSPS) is 18.6. The molecule has 0 aliphatic carbocycles. The molecule has 1 fully saturated rings. The molecular formula is C24H28N8O6S2. The molecule has 2 atom stereocenters. The van der Waals surface area contributed by atoms with Gasteiger partial charge in [0.2, 0.25) is 11.5 Å². The van der Waals surface area contributed by atoms with Crippen LogP contribution in [0.25, 0.3) is 0 Å². The second-order valence-corrected chi connectivity index (χ2v) is 10.7. The van der Waals surface area contributed by atoms with Crippen molar-refractivity contribution in [3.8, 4) is 0 Å². The maximum absolute atomic E-state index is 13.1. The van der Waals surface area contributed by atoms with Gasteiger partial charge in [0.1, 0.15) is 18.0 Å². The molecule has 3 amide bonds. The second kappa shape index (κ2) is 12.9. The lowest BCUT2D eigenvalue weighted by Gasteiger charge is -2.50. The molecule has 1 saturated heterocycles. The molecule has 0 radical (unpaired) electrons. The number of unbranched alkanes of at least 4 members (excludes halogenated alkanes) is 1. The van der Waals surface area contributed by atoms with E-state index in [1.165, 1.54) is 11.8 Å².